The summed E-state index contributed by atoms with van der Waals surface area (Å²) in [5.74, 6) is 0.423. The van der Waals surface area contributed by atoms with Crippen LogP contribution >= 0.6 is 11.8 Å². The van der Waals surface area contributed by atoms with Crippen LogP contribution in [0.4, 0.5) is 10.5 Å². The van der Waals surface area contributed by atoms with Crippen LogP contribution < -0.4 is 10.6 Å². The number of aromatic nitrogens is 4. The van der Waals surface area contributed by atoms with Crippen molar-refractivity contribution in [2.24, 2.45) is 0 Å². The lowest BCUT2D eigenvalue weighted by Crippen LogP contribution is -2.35. The molecule has 1 fully saturated rings. The van der Waals surface area contributed by atoms with Crippen molar-refractivity contribution in [1.82, 2.24) is 25.1 Å². The molecule has 1 aliphatic rings. The Morgan fingerprint density at radius 1 is 1.11 bits per heavy atom. The molecular weight excluding hydrogens is 376 g/mol. The molecule has 0 unspecified atom stereocenters. The molecule has 1 aromatic carbocycles. The minimum atomic E-state index is -0.559. The normalized spacial score (nSPS) is 13.1. The maximum absolute atomic E-state index is 12.1. The number of rotatable bonds is 6. The van der Waals surface area contributed by atoms with Gasteiger partial charge in [0.15, 0.2) is 11.0 Å². The smallest absolute Gasteiger partial charge is 0.308 e. The minimum absolute atomic E-state index is 0.0695. The molecule has 8 nitrogen and oxygen atoms in total. The lowest BCUT2D eigenvalue weighted by atomic mass is 10.3. The largest absolute Gasteiger partial charge is 0.325 e. The Hall–Kier alpha value is -3.20. The molecule has 3 amide bonds. The number of carbonyl (C=O) groups excluding carboxylic acids is 2. The van der Waals surface area contributed by atoms with E-state index in [1.165, 1.54) is 11.8 Å². The Morgan fingerprint density at radius 2 is 1.93 bits per heavy atom. The predicted molar refractivity (Wildman–Crippen MR) is 106 cm³/mol. The van der Waals surface area contributed by atoms with Gasteiger partial charge < -0.3 is 5.32 Å². The van der Waals surface area contributed by atoms with Crippen molar-refractivity contribution in [2.75, 3.05) is 11.1 Å². The topological polar surface area (TPSA) is 102 Å². The third-order valence-electron chi connectivity index (χ3n) is 4.11. The molecule has 0 bridgehead atoms. The highest BCUT2D eigenvalue weighted by Gasteiger charge is 2.30. The van der Waals surface area contributed by atoms with E-state index in [1.807, 2.05) is 18.2 Å². The van der Waals surface area contributed by atoms with E-state index in [1.54, 1.807) is 36.7 Å². The average molecular weight is 394 g/mol. The number of imide groups is 1. The average Bonchev–Trinajstić information content (AvgIpc) is 3.46. The van der Waals surface area contributed by atoms with Crippen molar-refractivity contribution in [2.45, 2.75) is 24.0 Å². The van der Waals surface area contributed by atoms with E-state index in [4.69, 9.17) is 0 Å². The standard InChI is InChI=1S/C19H18N6O2S/c26-16(22-18(27)21-14-6-2-1-3-7-14)12-28-19-24-23-17(25(19)15-8-9-15)13-5-4-10-20-11-13/h1-7,10-11,15H,8-9,12H2,(H2,21,22,26,27). The van der Waals surface area contributed by atoms with E-state index in [9.17, 15) is 9.59 Å². The van der Waals surface area contributed by atoms with Gasteiger partial charge in [-0.3, -0.25) is 19.7 Å². The van der Waals surface area contributed by atoms with E-state index in [0.717, 1.165) is 24.2 Å². The fraction of sp³-hybridized carbons (Fsp3) is 0.211. The SMILES string of the molecule is O=C(CSc1nnc(-c2cccnc2)n1C1CC1)NC(=O)Nc1ccccc1. The number of hydrogen-bond acceptors (Lipinski definition) is 6. The number of urea groups is 1. The molecule has 28 heavy (non-hydrogen) atoms. The second kappa shape index (κ2) is 8.22. The predicted octanol–water partition coefficient (Wildman–Crippen LogP) is 3.12. The van der Waals surface area contributed by atoms with Crippen LogP contribution in [0.1, 0.15) is 18.9 Å². The Bertz CT molecular complexity index is 973. The van der Waals surface area contributed by atoms with Crippen molar-refractivity contribution in [3.63, 3.8) is 0 Å². The summed E-state index contributed by atoms with van der Waals surface area (Å²) in [4.78, 5) is 28.2. The third-order valence-corrected chi connectivity index (χ3v) is 5.06. The molecule has 0 saturated heterocycles. The van der Waals surface area contributed by atoms with Crippen LogP contribution in [0, 0.1) is 0 Å². The molecule has 1 saturated carbocycles. The second-order valence-corrected chi connectivity index (χ2v) is 7.25. The number of benzene rings is 1. The fourth-order valence-corrected chi connectivity index (χ4v) is 3.51. The van der Waals surface area contributed by atoms with Crippen molar-refractivity contribution >= 4 is 29.4 Å². The summed E-state index contributed by atoms with van der Waals surface area (Å²) in [5.41, 5.74) is 1.51. The van der Waals surface area contributed by atoms with Gasteiger partial charge in [-0.2, -0.15) is 0 Å². The van der Waals surface area contributed by atoms with Gasteiger partial charge in [0.05, 0.1) is 5.75 Å². The number of anilines is 1. The molecule has 142 valence electrons. The molecule has 2 aromatic heterocycles. The van der Waals surface area contributed by atoms with Crippen LogP contribution in [0.5, 0.6) is 0 Å². The van der Waals surface area contributed by atoms with Crippen LogP contribution in [0.15, 0.2) is 60.0 Å². The zero-order chi connectivity index (χ0) is 19.3. The first-order valence-electron chi connectivity index (χ1n) is 8.84. The summed E-state index contributed by atoms with van der Waals surface area (Å²) in [6.45, 7) is 0. The maximum Gasteiger partial charge on any atom is 0.325 e. The van der Waals surface area contributed by atoms with Gasteiger partial charge in [0.25, 0.3) is 0 Å². The first-order valence-corrected chi connectivity index (χ1v) is 9.83. The number of para-hydroxylation sites is 1. The van der Waals surface area contributed by atoms with Gasteiger partial charge in [0, 0.05) is 29.7 Å². The van der Waals surface area contributed by atoms with Gasteiger partial charge in [-0.1, -0.05) is 30.0 Å². The van der Waals surface area contributed by atoms with E-state index in [0.29, 0.717) is 16.9 Å². The highest BCUT2D eigenvalue weighted by atomic mass is 32.2. The molecule has 0 aliphatic heterocycles. The summed E-state index contributed by atoms with van der Waals surface area (Å²) in [6.07, 6.45) is 5.58. The number of thioether (sulfide) groups is 1. The second-order valence-electron chi connectivity index (χ2n) is 6.31. The fourth-order valence-electron chi connectivity index (χ4n) is 2.71. The van der Waals surface area contributed by atoms with E-state index in [-0.39, 0.29) is 5.75 Å². The van der Waals surface area contributed by atoms with Crippen LogP contribution in [0.3, 0.4) is 0 Å². The molecule has 3 aromatic rings. The van der Waals surface area contributed by atoms with Crippen LogP contribution in [0.2, 0.25) is 0 Å². The Labute approximate surface area is 165 Å². The molecular formula is C19H18N6O2S. The highest BCUT2D eigenvalue weighted by molar-refractivity contribution is 7.99. The molecule has 0 atom stereocenters. The number of nitrogens with zero attached hydrogens (tertiary/aromatic N) is 4. The van der Waals surface area contributed by atoms with Gasteiger partial charge in [0.1, 0.15) is 0 Å². The lowest BCUT2D eigenvalue weighted by Gasteiger charge is -2.09. The summed E-state index contributed by atoms with van der Waals surface area (Å²) in [6, 6.07) is 12.5. The van der Waals surface area contributed by atoms with Gasteiger partial charge in [0.2, 0.25) is 5.91 Å². The monoisotopic (exact) mass is 394 g/mol. The minimum Gasteiger partial charge on any atom is -0.308 e. The van der Waals surface area contributed by atoms with E-state index < -0.39 is 11.9 Å². The number of amides is 3. The van der Waals surface area contributed by atoms with Gasteiger partial charge in [-0.25, -0.2) is 4.79 Å². The number of carbonyl (C=O) groups is 2. The number of pyridine rings is 1. The Morgan fingerprint density at radius 3 is 2.64 bits per heavy atom. The van der Waals surface area contributed by atoms with Crippen LogP contribution in [-0.4, -0.2) is 37.4 Å². The maximum atomic E-state index is 12.1. The van der Waals surface area contributed by atoms with Crippen LogP contribution in [0.25, 0.3) is 11.4 Å². The summed E-state index contributed by atoms with van der Waals surface area (Å²) >= 11 is 1.26. The molecule has 2 N–H and O–H groups in total. The first-order chi connectivity index (χ1) is 13.7. The van der Waals surface area contributed by atoms with Crippen molar-refractivity contribution in [3.05, 3.63) is 54.9 Å². The molecule has 9 heteroatoms. The zero-order valence-electron chi connectivity index (χ0n) is 14.9. The molecule has 2 heterocycles. The van der Waals surface area contributed by atoms with Crippen LogP contribution in [-0.2, 0) is 4.79 Å². The highest BCUT2D eigenvalue weighted by Crippen LogP contribution is 2.40. The van der Waals surface area contributed by atoms with E-state index >= 15 is 0 Å². The third kappa shape index (κ3) is 4.37. The van der Waals surface area contributed by atoms with E-state index in [2.05, 4.69) is 30.4 Å². The van der Waals surface area contributed by atoms with Crippen molar-refractivity contribution < 1.29 is 9.59 Å². The number of nitrogens with one attached hydrogen (secondary N) is 2. The van der Waals surface area contributed by atoms with Crippen molar-refractivity contribution in [3.8, 4) is 11.4 Å². The first kappa shape index (κ1) is 18.2. The Balaban J connectivity index is 1.38. The molecule has 0 radical (unpaired) electrons. The van der Waals surface area contributed by atoms with Gasteiger partial charge >= 0.3 is 6.03 Å². The zero-order valence-corrected chi connectivity index (χ0v) is 15.7. The van der Waals surface area contributed by atoms with Gasteiger partial charge in [-0.05, 0) is 37.1 Å². The summed E-state index contributed by atoms with van der Waals surface area (Å²) < 4.78 is 2.05. The molecule has 1 aliphatic carbocycles. The molecule has 0 spiro atoms. The number of hydrogen-bond donors (Lipinski definition) is 2. The summed E-state index contributed by atoms with van der Waals surface area (Å²) in [7, 11) is 0. The molecule has 4 rings (SSSR count). The lowest BCUT2D eigenvalue weighted by molar-refractivity contribution is -0.117. The summed E-state index contributed by atoms with van der Waals surface area (Å²) in [5, 5.41) is 14.1. The van der Waals surface area contributed by atoms with Gasteiger partial charge in [-0.15, -0.1) is 10.2 Å². The van der Waals surface area contributed by atoms with Crippen molar-refractivity contribution in [1.29, 1.82) is 0 Å². The quantitative estimate of drug-likeness (QED) is 0.623. The Kier molecular flexibility index (Phi) is 5.34.